The SMILES string of the molecule is CCOC(C/C=C/C=C/C(=O)O)OCC. The second kappa shape index (κ2) is 9.43. The molecule has 0 saturated heterocycles. The minimum atomic E-state index is -0.953. The highest BCUT2D eigenvalue weighted by Gasteiger charge is 2.03. The predicted molar refractivity (Wildman–Crippen MR) is 57.6 cm³/mol. The molecule has 0 radical (unpaired) electrons. The van der Waals surface area contributed by atoms with Crippen LogP contribution in [0.15, 0.2) is 24.3 Å². The molecular formula is C11H18O4. The molecule has 0 atom stereocenters. The zero-order chi connectivity index (χ0) is 11.5. The number of carbonyl (C=O) groups is 1. The first-order valence-corrected chi connectivity index (χ1v) is 5.00. The molecule has 0 aliphatic carbocycles. The third-order valence-electron chi connectivity index (χ3n) is 1.52. The van der Waals surface area contributed by atoms with E-state index in [0.29, 0.717) is 19.6 Å². The molecule has 0 unspecified atom stereocenters. The fraction of sp³-hybridized carbons (Fsp3) is 0.545. The molecule has 1 N–H and O–H groups in total. The fourth-order valence-corrected chi connectivity index (χ4v) is 0.962. The molecule has 0 saturated carbocycles. The van der Waals surface area contributed by atoms with Crippen molar-refractivity contribution in [3.05, 3.63) is 24.3 Å². The molecule has 0 aromatic carbocycles. The van der Waals surface area contributed by atoms with Gasteiger partial charge in [-0.2, -0.15) is 0 Å². The quantitative estimate of drug-likeness (QED) is 0.381. The summed E-state index contributed by atoms with van der Waals surface area (Å²) < 4.78 is 10.6. The Balaban J connectivity index is 3.81. The summed E-state index contributed by atoms with van der Waals surface area (Å²) >= 11 is 0. The summed E-state index contributed by atoms with van der Waals surface area (Å²) in [4.78, 5) is 10.1. The first-order valence-electron chi connectivity index (χ1n) is 5.00. The van der Waals surface area contributed by atoms with Gasteiger partial charge in [0.1, 0.15) is 0 Å². The molecule has 4 nitrogen and oxygen atoms in total. The van der Waals surface area contributed by atoms with Gasteiger partial charge in [0.2, 0.25) is 0 Å². The normalized spacial score (nSPS) is 11.9. The average molecular weight is 214 g/mol. The van der Waals surface area contributed by atoms with Gasteiger partial charge < -0.3 is 14.6 Å². The highest BCUT2D eigenvalue weighted by atomic mass is 16.7. The van der Waals surface area contributed by atoms with Crippen molar-refractivity contribution in [2.45, 2.75) is 26.6 Å². The van der Waals surface area contributed by atoms with E-state index in [0.717, 1.165) is 6.08 Å². The Kier molecular flexibility index (Phi) is 8.72. The van der Waals surface area contributed by atoms with Crippen molar-refractivity contribution in [3.63, 3.8) is 0 Å². The van der Waals surface area contributed by atoms with Crippen LogP contribution < -0.4 is 0 Å². The number of hydrogen-bond acceptors (Lipinski definition) is 3. The van der Waals surface area contributed by atoms with Gasteiger partial charge in [-0.15, -0.1) is 0 Å². The topological polar surface area (TPSA) is 55.8 Å². The summed E-state index contributed by atoms with van der Waals surface area (Å²) in [6.45, 7) is 5.01. The van der Waals surface area contributed by atoms with Gasteiger partial charge in [-0.25, -0.2) is 4.79 Å². The standard InChI is InChI=1S/C11H18O4/c1-3-14-11(15-4-2)9-7-5-6-8-10(12)13/h5-8,11H,3-4,9H2,1-2H3,(H,12,13)/b7-5+,8-6+. The second-order valence-corrected chi connectivity index (χ2v) is 2.70. The van der Waals surface area contributed by atoms with E-state index in [9.17, 15) is 4.79 Å². The number of ether oxygens (including phenoxy) is 2. The molecule has 0 aromatic heterocycles. The van der Waals surface area contributed by atoms with Crippen LogP contribution in [0.3, 0.4) is 0 Å². The Morgan fingerprint density at radius 1 is 1.27 bits per heavy atom. The zero-order valence-corrected chi connectivity index (χ0v) is 9.18. The van der Waals surface area contributed by atoms with Gasteiger partial charge in [0, 0.05) is 25.7 Å². The zero-order valence-electron chi connectivity index (χ0n) is 9.18. The third-order valence-corrected chi connectivity index (χ3v) is 1.52. The average Bonchev–Trinajstić information content (AvgIpc) is 2.17. The van der Waals surface area contributed by atoms with Crippen LogP contribution in [0.25, 0.3) is 0 Å². The number of hydrogen-bond donors (Lipinski definition) is 1. The molecule has 0 heterocycles. The Morgan fingerprint density at radius 3 is 2.33 bits per heavy atom. The predicted octanol–water partition coefficient (Wildman–Crippen LogP) is 1.97. The van der Waals surface area contributed by atoms with Crippen LogP contribution in [0.4, 0.5) is 0 Å². The molecule has 0 rings (SSSR count). The number of carboxylic acids is 1. The minimum absolute atomic E-state index is 0.241. The maximum absolute atomic E-state index is 10.1. The first kappa shape index (κ1) is 13.9. The molecular weight excluding hydrogens is 196 g/mol. The van der Waals surface area contributed by atoms with Crippen molar-refractivity contribution in [1.82, 2.24) is 0 Å². The Morgan fingerprint density at radius 2 is 1.87 bits per heavy atom. The minimum Gasteiger partial charge on any atom is -0.478 e. The molecule has 0 aliphatic rings. The van der Waals surface area contributed by atoms with Crippen molar-refractivity contribution in [2.24, 2.45) is 0 Å². The molecule has 4 heteroatoms. The maximum atomic E-state index is 10.1. The fourth-order valence-electron chi connectivity index (χ4n) is 0.962. The van der Waals surface area contributed by atoms with E-state index in [1.807, 2.05) is 19.9 Å². The number of allylic oxidation sites excluding steroid dienone is 2. The lowest BCUT2D eigenvalue weighted by Crippen LogP contribution is -2.16. The van der Waals surface area contributed by atoms with E-state index in [1.54, 1.807) is 6.08 Å². The van der Waals surface area contributed by atoms with E-state index >= 15 is 0 Å². The van der Waals surface area contributed by atoms with Gasteiger partial charge in [0.05, 0.1) is 0 Å². The Bertz CT molecular complexity index is 215. The number of rotatable bonds is 8. The van der Waals surface area contributed by atoms with Gasteiger partial charge in [-0.1, -0.05) is 18.2 Å². The molecule has 0 fully saturated rings. The molecule has 86 valence electrons. The number of carboxylic acid groups (broad SMARTS) is 1. The van der Waals surface area contributed by atoms with E-state index in [-0.39, 0.29) is 6.29 Å². The number of aliphatic carboxylic acids is 1. The van der Waals surface area contributed by atoms with Crippen LogP contribution in [0.2, 0.25) is 0 Å². The van der Waals surface area contributed by atoms with Crippen LogP contribution in [-0.4, -0.2) is 30.6 Å². The summed E-state index contributed by atoms with van der Waals surface area (Å²) in [7, 11) is 0. The highest BCUT2D eigenvalue weighted by molar-refractivity contribution is 5.80. The van der Waals surface area contributed by atoms with Gasteiger partial charge in [-0.3, -0.25) is 0 Å². The smallest absolute Gasteiger partial charge is 0.328 e. The highest BCUT2D eigenvalue weighted by Crippen LogP contribution is 2.01. The summed E-state index contributed by atoms with van der Waals surface area (Å²) in [6, 6.07) is 0. The lowest BCUT2D eigenvalue weighted by molar-refractivity contribution is -0.133. The van der Waals surface area contributed by atoms with Crippen molar-refractivity contribution in [1.29, 1.82) is 0 Å². The largest absolute Gasteiger partial charge is 0.478 e. The first-order chi connectivity index (χ1) is 7.20. The van der Waals surface area contributed by atoms with E-state index < -0.39 is 5.97 Å². The van der Waals surface area contributed by atoms with E-state index in [1.165, 1.54) is 6.08 Å². The van der Waals surface area contributed by atoms with Crippen LogP contribution in [0.1, 0.15) is 20.3 Å². The molecule has 0 spiro atoms. The third kappa shape index (κ3) is 9.18. The summed E-state index contributed by atoms with van der Waals surface area (Å²) in [5.41, 5.74) is 0. The molecule has 0 aliphatic heterocycles. The van der Waals surface area contributed by atoms with Gasteiger partial charge in [0.25, 0.3) is 0 Å². The molecule has 0 aromatic rings. The van der Waals surface area contributed by atoms with Gasteiger partial charge >= 0.3 is 5.97 Å². The summed E-state index contributed by atoms with van der Waals surface area (Å²) in [6.07, 6.45) is 6.40. The maximum Gasteiger partial charge on any atom is 0.328 e. The summed E-state index contributed by atoms with van der Waals surface area (Å²) in [5.74, 6) is -0.953. The van der Waals surface area contributed by atoms with Crippen LogP contribution >= 0.6 is 0 Å². The van der Waals surface area contributed by atoms with E-state index in [4.69, 9.17) is 14.6 Å². The van der Waals surface area contributed by atoms with Crippen molar-refractivity contribution < 1.29 is 19.4 Å². The molecule has 15 heavy (non-hydrogen) atoms. The van der Waals surface area contributed by atoms with E-state index in [2.05, 4.69) is 0 Å². The van der Waals surface area contributed by atoms with Gasteiger partial charge in [-0.05, 0) is 13.8 Å². The lowest BCUT2D eigenvalue weighted by Gasteiger charge is -2.14. The van der Waals surface area contributed by atoms with Crippen molar-refractivity contribution in [2.75, 3.05) is 13.2 Å². The van der Waals surface area contributed by atoms with Crippen LogP contribution in [0, 0.1) is 0 Å². The molecule has 0 amide bonds. The Hall–Kier alpha value is -1.13. The molecule has 0 bridgehead atoms. The van der Waals surface area contributed by atoms with Gasteiger partial charge in [0.15, 0.2) is 6.29 Å². The van der Waals surface area contributed by atoms with Crippen LogP contribution in [0.5, 0.6) is 0 Å². The second-order valence-electron chi connectivity index (χ2n) is 2.70. The monoisotopic (exact) mass is 214 g/mol. The lowest BCUT2D eigenvalue weighted by atomic mass is 10.3. The Labute approximate surface area is 90.2 Å². The summed E-state index contributed by atoms with van der Waals surface area (Å²) in [5, 5.41) is 8.32. The van der Waals surface area contributed by atoms with Crippen molar-refractivity contribution in [3.8, 4) is 0 Å². The van der Waals surface area contributed by atoms with Crippen molar-refractivity contribution >= 4 is 5.97 Å². The van der Waals surface area contributed by atoms with Crippen LogP contribution in [-0.2, 0) is 14.3 Å².